The molecule has 1 aromatic carbocycles. The molecule has 3 N–H and O–H groups in total. The molecule has 0 bridgehead atoms. The van der Waals surface area contributed by atoms with Crippen LogP contribution in [0.3, 0.4) is 0 Å². The first kappa shape index (κ1) is 12.3. The van der Waals surface area contributed by atoms with Crippen molar-refractivity contribution in [3.63, 3.8) is 0 Å². The number of hydrogen-bond acceptors (Lipinski definition) is 3. The molecule has 82 valence electrons. The van der Waals surface area contributed by atoms with Crippen LogP contribution in [0.5, 0.6) is 0 Å². The molecule has 0 unspecified atom stereocenters. The molecule has 0 radical (unpaired) electrons. The van der Waals surface area contributed by atoms with Crippen LogP contribution in [0.4, 0.5) is 5.69 Å². The molecule has 0 spiro atoms. The first-order valence-corrected chi connectivity index (χ1v) is 5.90. The van der Waals surface area contributed by atoms with Crippen molar-refractivity contribution in [3.05, 3.63) is 28.8 Å². The largest absolute Gasteiger partial charge is 0.296 e. The molecule has 8 heteroatoms. The van der Waals surface area contributed by atoms with E-state index in [-0.39, 0.29) is 16.3 Å². The minimum Gasteiger partial charge on any atom is -0.276 e. The number of carbonyl (C=O) groups is 1. The summed E-state index contributed by atoms with van der Waals surface area (Å²) in [7, 11) is -3.88. The fraction of sp³-hybridized carbons (Fsp3) is 0. The number of carbonyl (C=O) groups excluding carboxylic acids is 1. The number of halogens is 2. The smallest absolute Gasteiger partial charge is 0.276 e. The van der Waals surface area contributed by atoms with Crippen molar-refractivity contribution in [3.8, 4) is 0 Å². The zero-order chi connectivity index (χ0) is 11.6. The molecular formula is C7H6Cl2N2O3S. The van der Waals surface area contributed by atoms with Gasteiger partial charge in [0, 0.05) is 0 Å². The van der Waals surface area contributed by atoms with Crippen LogP contribution in [0.25, 0.3) is 0 Å². The van der Waals surface area contributed by atoms with Gasteiger partial charge in [-0.15, -0.1) is 0 Å². The molecule has 1 rings (SSSR count). The molecule has 1 aromatic rings. The molecule has 0 aliphatic carbocycles. The van der Waals surface area contributed by atoms with E-state index in [1.54, 1.807) is 0 Å². The Morgan fingerprint density at radius 3 is 2.47 bits per heavy atom. The van der Waals surface area contributed by atoms with E-state index in [0.717, 1.165) is 0 Å². The van der Waals surface area contributed by atoms with Gasteiger partial charge in [0.05, 0.1) is 16.3 Å². The quantitative estimate of drug-likeness (QED) is 0.811. The normalized spacial score (nSPS) is 11.1. The van der Waals surface area contributed by atoms with Crippen molar-refractivity contribution in [2.45, 2.75) is 0 Å². The third-order valence-electron chi connectivity index (χ3n) is 1.44. The van der Waals surface area contributed by atoms with Gasteiger partial charge in [0.15, 0.2) is 0 Å². The Kier molecular flexibility index (Phi) is 3.56. The van der Waals surface area contributed by atoms with E-state index in [1.165, 1.54) is 18.2 Å². The lowest BCUT2D eigenvalue weighted by atomic mass is 10.2. The van der Waals surface area contributed by atoms with Gasteiger partial charge >= 0.3 is 0 Å². The Morgan fingerprint density at radius 1 is 1.40 bits per heavy atom. The third-order valence-corrected chi connectivity index (χ3v) is 2.49. The van der Waals surface area contributed by atoms with Crippen molar-refractivity contribution in [1.29, 1.82) is 0 Å². The Hall–Kier alpha value is -0.820. The van der Waals surface area contributed by atoms with E-state index in [4.69, 9.17) is 28.3 Å². The molecule has 0 aliphatic rings. The van der Waals surface area contributed by atoms with Crippen molar-refractivity contribution >= 4 is 44.3 Å². The topological polar surface area (TPSA) is 89.3 Å². The van der Waals surface area contributed by atoms with Gasteiger partial charge in [-0.25, -0.2) is 5.14 Å². The summed E-state index contributed by atoms with van der Waals surface area (Å²) in [6.07, 6.45) is 0. The van der Waals surface area contributed by atoms with Gasteiger partial charge in [-0.1, -0.05) is 11.6 Å². The lowest BCUT2D eigenvalue weighted by Gasteiger charge is -2.05. The minimum absolute atomic E-state index is 0.00647. The summed E-state index contributed by atoms with van der Waals surface area (Å²) in [6.45, 7) is 0. The lowest BCUT2D eigenvalue weighted by Crippen LogP contribution is -2.21. The fourth-order valence-electron chi connectivity index (χ4n) is 0.904. The highest BCUT2D eigenvalue weighted by Gasteiger charge is 2.10. The van der Waals surface area contributed by atoms with Crippen molar-refractivity contribution in [2.75, 3.05) is 4.72 Å². The second-order valence-corrected chi connectivity index (χ2v) is 4.66. The summed E-state index contributed by atoms with van der Waals surface area (Å²) in [5.41, 5.74) is 0.123. The van der Waals surface area contributed by atoms with Crippen LogP contribution < -0.4 is 9.86 Å². The second kappa shape index (κ2) is 4.36. The van der Waals surface area contributed by atoms with E-state index < -0.39 is 15.5 Å². The van der Waals surface area contributed by atoms with Crippen LogP contribution in [-0.4, -0.2) is 13.7 Å². The van der Waals surface area contributed by atoms with Crippen LogP contribution in [-0.2, 0) is 10.2 Å². The van der Waals surface area contributed by atoms with Gasteiger partial charge in [0.2, 0.25) is 0 Å². The summed E-state index contributed by atoms with van der Waals surface area (Å²) in [5, 5.41) is 4.10. The van der Waals surface area contributed by atoms with Crippen LogP contribution in [0, 0.1) is 0 Å². The van der Waals surface area contributed by atoms with Crippen molar-refractivity contribution < 1.29 is 13.2 Å². The highest BCUT2D eigenvalue weighted by molar-refractivity contribution is 7.90. The monoisotopic (exact) mass is 268 g/mol. The SMILES string of the molecule is NS(=O)(=O)Nc1ccc(Cl)c(C(=O)Cl)c1. The Labute approximate surface area is 96.4 Å². The molecule has 5 nitrogen and oxygen atoms in total. The van der Waals surface area contributed by atoms with E-state index in [0.29, 0.717) is 0 Å². The number of hydrogen-bond donors (Lipinski definition) is 2. The average Bonchev–Trinajstić information content (AvgIpc) is 2.05. The average molecular weight is 269 g/mol. The molecular weight excluding hydrogens is 263 g/mol. The first-order chi connectivity index (χ1) is 6.79. The fourth-order valence-corrected chi connectivity index (χ4v) is 1.77. The van der Waals surface area contributed by atoms with Crippen molar-refractivity contribution in [2.24, 2.45) is 5.14 Å². The number of nitrogens with one attached hydrogen (secondary N) is 1. The first-order valence-electron chi connectivity index (χ1n) is 3.59. The highest BCUT2D eigenvalue weighted by Crippen LogP contribution is 2.22. The molecule has 0 saturated heterocycles. The van der Waals surface area contributed by atoms with Gasteiger partial charge in [-0.05, 0) is 29.8 Å². The predicted molar refractivity (Wildman–Crippen MR) is 58.4 cm³/mol. The molecule has 0 amide bonds. The number of nitrogens with two attached hydrogens (primary N) is 1. The highest BCUT2D eigenvalue weighted by atomic mass is 35.5. The summed E-state index contributed by atoms with van der Waals surface area (Å²) in [4.78, 5) is 10.9. The summed E-state index contributed by atoms with van der Waals surface area (Å²) < 4.78 is 23.3. The molecule has 0 aromatic heterocycles. The zero-order valence-corrected chi connectivity index (χ0v) is 9.53. The van der Waals surface area contributed by atoms with Crippen LogP contribution in [0.2, 0.25) is 5.02 Å². The molecule has 0 saturated carbocycles. The van der Waals surface area contributed by atoms with Gasteiger partial charge in [-0.3, -0.25) is 9.52 Å². The maximum atomic E-state index is 10.9. The third kappa shape index (κ3) is 3.67. The predicted octanol–water partition coefficient (Wildman–Crippen LogP) is 1.33. The molecule has 0 aliphatic heterocycles. The standard InChI is InChI=1S/C7H6Cl2N2O3S/c8-6-2-1-4(11-15(10,13)14)3-5(6)7(9)12/h1-3,11H,(H2,10,13,14). The second-order valence-electron chi connectivity index (χ2n) is 2.62. The molecule has 0 heterocycles. The molecule has 0 fully saturated rings. The summed E-state index contributed by atoms with van der Waals surface area (Å²) >= 11 is 10.9. The van der Waals surface area contributed by atoms with Gasteiger partial charge in [0.1, 0.15) is 0 Å². The minimum atomic E-state index is -3.88. The van der Waals surface area contributed by atoms with Crippen LogP contribution in [0.1, 0.15) is 10.4 Å². The maximum absolute atomic E-state index is 10.9. The Morgan fingerprint density at radius 2 is 2.00 bits per heavy atom. The van der Waals surface area contributed by atoms with Crippen LogP contribution >= 0.6 is 23.2 Å². The lowest BCUT2D eigenvalue weighted by molar-refractivity contribution is 0.108. The van der Waals surface area contributed by atoms with Crippen molar-refractivity contribution in [1.82, 2.24) is 0 Å². The van der Waals surface area contributed by atoms with E-state index in [9.17, 15) is 13.2 Å². The molecule has 0 atom stereocenters. The van der Waals surface area contributed by atoms with E-state index >= 15 is 0 Å². The van der Waals surface area contributed by atoms with Gasteiger partial charge < -0.3 is 0 Å². The summed E-state index contributed by atoms with van der Waals surface area (Å²) in [5.74, 6) is 0. The van der Waals surface area contributed by atoms with E-state index in [2.05, 4.69) is 0 Å². The zero-order valence-electron chi connectivity index (χ0n) is 7.20. The van der Waals surface area contributed by atoms with Crippen LogP contribution in [0.15, 0.2) is 18.2 Å². The Balaban J connectivity index is 3.14. The number of anilines is 1. The number of rotatable bonds is 3. The number of benzene rings is 1. The van der Waals surface area contributed by atoms with Gasteiger partial charge in [0.25, 0.3) is 15.5 Å². The summed E-state index contributed by atoms with van der Waals surface area (Å²) in [6, 6.07) is 3.89. The molecule has 15 heavy (non-hydrogen) atoms. The maximum Gasteiger partial charge on any atom is 0.296 e. The van der Waals surface area contributed by atoms with Gasteiger partial charge in [-0.2, -0.15) is 8.42 Å². The Bertz CT molecular complexity index is 501. The van der Waals surface area contributed by atoms with E-state index in [1.807, 2.05) is 4.72 Å².